The van der Waals surface area contributed by atoms with Gasteiger partial charge in [0, 0.05) is 5.39 Å². The summed E-state index contributed by atoms with van der Waals surface area (Å²) in [4.78, 5) is 3.81. The van der Waals surface area contributed by atoms with E-state index in [2.05, 4.69) is 97.1 Å². The maximum atomic E-state index is 5.89. The normalized spacial score (nSPS) is 11.0. The van der Waals surface area contributed by atoms with Gasteiger partial charge in [0.25, 0.3) is 0 Å². The summed E-state index contributed by atoms with van der Waals surface area (Å²) in [6, 6.07) is 34.1. The Morgan fingerprint density at radius 1 is 0.600 bits per heavy atom. The zero-order valence-corrected chi connectivity index (χ0v) is 14.9. The lowest BCUT2D eigenvalue weighted by atomic mass is 10.1. The summed E-state index contributed by atoms with van der Waals surface area (Å²) in [7, 11) is 1.56. The second-order valence-corrected chi connectivity index (χ2v) is 7.75. The smallest absolute Gasteiger partial charge is 0.208 e. The molecule has 0 atom stereocenters. The molecule has 0 unspecified atom stereocenters. The highest BCUT2D eigenvalue weighted by Gasteiger charge is 2.32. The zero-order chi connectivity index (χ0) is 17.1. The molecule has 2 heteroatoms. The summed E-state index contributed by atoms with van der Waals surface area (Å²) in [5.41, 5.74) is 0. The molecular weight excluding hydrogens is 324 g/mol. The quantitative estimate of drug-likeness (QED) is 0.416. The van der Waals surface area contributed by atoms with Crippen molar-refractivity contribution in [1.82, 2.24) is 0 Å². The van der Waals surface area contributed by atoms with Crippen molar-refractivity contribution >= 4 is 21.7 Å². The summed E-state index contributed by atoms with van der Waals surface area (Å²) in [5, 5.41) is 2.36. The second kappa shape index (κ2) is 7.04. The van der Waals surface area contributed by atoms with Gasteiger partial charge in [0.1, 0.15) is 10.9 Å². The van der Waals surface area contributed by atoms with Crippen LogP contribution in [0.2, 0.25) is 0 Å². The molecular formula is C23H19OS+. The minimum atomic E-state index is -0.207. The Balaban J connectivity index is 1.98. The monoisotopic (exact) mass is 343 g/mol. The van der Waals surface area contributed by atoms with Gasteiger partial charge in [-0.25, -0.2) is 0 Å². The molecule has 0 aliphatic rings. The van der Waals surface area contributed by atoms with Crippen LogP contribution >= 0.6 is 0 Å². The van der Waals surface area contributed by atoms with E-state index < -0.39 is 0 Å². The molecule has 0 saturated carbocycles. The number of hydrogen-bond acceptors (Lipinski definition) is 1. The molecule has 25 heavy (non-hydrogen) atoms. The first kappa shape index (κ1) is 15.8. The Kier molecular flexibility index (Phi) is 4.45. The van der Waals surface area contributed by atoms with Gasteiger partial charge in [0.15, 0.2) is 15.5 Å². The summed E-state index contributed by atoms with van der Waals surface area (Å²) in [6.45, 7) is 0. The van der Waals surface area contributed by atoms with Crippen LogP contribution < -0.4 is 4.74 Å². The van der Waals surface area contributed by atoms with E-state index in [1.807, 2.05) is 0 Å². The predicted molar refractivity (Wildman–Crippen MR) is 106 cm³/mol. The van der Waals surface area contributed by atoms with Crippen molar-refractivity contribution in [3.05, 3.63) is 97.1 Å². The van der Waals surface area contributed by atoms with Crippen LogP contribution in [0.1, 0.15) is 0 Å². The first-order chi connectivity index (χ1) is 12.4. The van der Waals surface area contributed by atoms with E-state index in [4.69, 9.17) is 4.74 Å². The van der Waals surface area contributed by atoms with E-state index in [1.54, 1.807) is 7.11 Å². The summed E-state index contributed by atoms with van der Waals surface area (Å²) in [6.07, 6.45) is 0. The maximum absolute atomic E-state index is 5.89. The Labute approximate surface area is 151 Å². The Hall–Kier alpha value is -2.71. The molecule has 4 aromatic rings. The minimum absolute atomic E-state index is 0.207. The lowest BCUT2D eigenvalue weighted by molar-refractivity contribution is 0.410. The largest absolute Gasteiger partial charge is 0.491 e. The zero-order valence-electron chi connectivity index (χ0n) is 14.1. The van der Waals surface area contributed by atoms with Crippen LogP contribution in [0.4, 0.5) is 0 Å². The van der Waals surface area contributed by atoms with Gasteiger partial charge < -0.3 is 4.74 Å². The fourth-order valence-corrected chi connectivity index (χ4v) is 5.32. The lowest BCUT2D eigenvalue weighted by Crippen LogP contribution is -2.06. The SMILES string of the molecule is COc1c([S+](c2ccccc2)c2ccccc2)ccc2ccccc12. The highest BCUT2D eigenvalue weighted by atomic mass is 32.2. The summed E-state index contributed by atoms with van der Waals surface area (Å²) < 4.78 is 5.89. The molecule has 1 nitrogen and oxygen atoms in total. The number of methoxy groups -OCH3 is 1. The first-order valence-electron chi connectivity index (χ1n) is 8.28. The van der Waals surface area contributed by atoms with Gasteiger partial charge in [-0.15, -0.1) is 0 Å². The Morgan fingerprint density at radius 2 is 1.16 bits per heavy atom. The van der Waals surface area contributed by atoms with E-state index in [0.717, 1.165) is 11.1 Å². The topological polar surface area (TPSA) is 9.23 Å². The molecule has 0 fully saturated rings. The average molecular weight is 343 g/mol. The number of ether oxygens (including phenoxy) is 1. The summed E-state index contributed by atoms with van der Waals surface area (Å²) >= 11 is 0. The van der Waals surface area contributed by atoms with Gasteiger partial charge in [-0.05, 0) is 41.8 Å². The van der Waals surface area contributed by atoms with Crippen molar-refractivity contribution < 1.29 is 4.74 Å². The van der Waals surface area contributed by atoms with Crippen LogP contribution in [0, 0.1) is 0 Å². The minimum Gasteiger partial charge on any atom is -0.491 e. The molecule has 0 aliphatic heterocycles. The molecule has 0 saturated heterocycles. The fourth-order valence-electron chi connectivity index (χ4n) is 3.10. The van der Waals surface area contributed by atoms with Crippen molar-refractivity contribution in [3.8, 4) is 5.75 Å². The van der Waals surface area contributed by atoms with Crippen LogP contribution in [0.5, 0.6) is 5.75 Å². The molecule has 0 amide bonds. The molecule has 0 radical (unpaired) electrons. The molecule has 0 N–H and O–H groups in total. The highest BCUT2D eigenvalue weighted by molar-refractivity contribution is 7.97. The molecule has 0 bridgehead atoms. The van der Waals surface area contributed by atoms with Crippen LogP contribution in [0.3, 0.4) is 0 Å². The van der Waals surface area contributed by atoms with Crippen LogP contribution in [0.15, 0.2) is 112 Å². The Morgan fingerprint density at radius 3 is 1.76 bits per heavy atom. The van der Waals surface area contributed by atoms with Crippen LogP contribution in [-0.4, -0.2) is 7.11 Å². The standard InChI is InChI=1S/C23H19OS/c1-24-23-21-15-9-8-10-18(21)16-17-22(23)25(19-11-4-2-5-12-19)20-13-6-3-7-14-20/h2-17H,1H3/q+1. The van der Waals surface area contributed by atoms with Gasteiger partial charge in [-0.2, -0.15) is 0 Å². The van der Waals surface area contributed by atoms with Gasteiger partial charge in [0.05, 0.1) is 7.11 Å². The van der Waals surface area contributed by atoms with Crippen molar-refractivity contribution in [2.45, 2.75) is 14.7 Å². The van der Waals surface area contributed by atoms with Crippen molar-refractivity contribution in [1.29, 1.82) is 0 Å². The van der Waals surface area contributed by atoms with E-state index in [-0.39, 0.29) is 10.9 Å². The third kappa shape index (κ3) is 3.01. The molecule has 122 valence electrons. The van der Waals surface area contributed by atoms with Crippen molar-refractivity contribution in [2.75, 3.05) is 7.11 Å². The molecule has 0 aliphatic carbocycles. The molecule has 0 aromatic heterocycles. The Bertz CT molecular complexity index is 941. The van der Waals surface area contributed by atoms with Gasteiger partial charge in [-0.3, -0.25) is 0 Å². The number of benzene rings is 4. The molecule has 0 spiro atoms. The van der Waals surface area contributed by atoms with Crippen LogP contribution in [0.25, 0.3) is 10.8 Å². The number of hydrogen-bond donors (Lipinski definition) is 0. The fraction of sp³-hybridized carbons (Fsp3) is 0.0435. The van der Waals surface area contributed by atoms with Crippen molar-refractivity contribution in [2.24, 2.45) is 0 Å². The molecule has 0 heterocycles. The third-order valence-corrected chi connectivity index (χ3v) is 6.47. The third-order valence-electron chi connectivity index (χ3n) is 4.23. The van der Waals surface area contributed by atoms with E-state index in [0.29, 0.717) is 0 Å². The van der Waals surface area contributed by atoms with E-state index in [9.17, 15) is 0 Å². The first-order valence-corrected chi connectivity index (χ1v) is 9.51. The average Bonchev–Trinajstić information content (AvgIpc) is 2.69. The lowest BCUT2D eigenvalue weighted by Gasteiger charge is -2.13. The van der Waals surface area contributed by atoms with E-state index in [1.165, 1.54) is 20.1 Å². The second-order valence-electron chi connectivity index (χ2n) is 5.75. The maximum Gasteiger partial charge on any atom is 0.208 e. The van der Waals surface area contributed by atoms with Gasteiger partial charge >= 0.3 is 0 Å². The summed E-state index contributed by atoms with van der Waals surface area (Å²) in [5.74, 6) is 0.967. The van der Waals surface area contributed by atoms with E-state index >= 15 is 0 Å². The number of fused-ring (bicyclic) bond motifs is 1. The van der Waals surface area contributed by atoms with Gasteiger partial charge in [0.2, 0.25) is 4.90 Å². The van der Waals surface area contributed by atoms with Crippen molar-refractivity contribution in [3.63, 3.8) is 0 Å². The van der Waals surface area contributed by atoms with Crippen LogP contribution in [-0.2, 0) is 10.9 Å². The predicted octanol–water partition coefficient (Wildman–Crippen LogP) is 5.94. The highest BCUT2D eigenvalue weighted by Crippen LogP contribution is 2.40. The van der Waals surface area contributed by atoms with Gasteiger partial charge in [-0.1, -0.05) is 60.7 Å². The molecule has 4 aromatic carbocycles. The molecule has 4 rings (SSSR count). The number of rotatable bonds is 4.